The summed E-state index contributed by atoms with van der Waals surface area (Å²) in [4.78, 5) is 24.0. The Bertz CT molecular complexity index is 1230. The first-order valence-corrected chi connectivity index (χ1v) is 10.6. The molecule has 7 nitrogen and oxygen atoms in total. The van der Waals surface area contributed by atoms with E-state index in [1.807, 2.05) is 37.8 Å². The lowest BCUT2D eigenvalue weighted by molar-refractivity contribution is 0.0961. The van der Waals surface area contributed by atoms with Crippen LogP contribution in [0.25, 0.3) is 21.9 Å². The van der Waals surface area contributed by atoms with E-state index in [9.17, 15) is 4.79 Å². The number of carbonyl (C=O) groups is 1. The minimum absolute atomic E-state index is 0.0954. The average Bonchev–Trinajstić information content (AvgIpc) is 3.43. The van der Waals surface area contributed by atoms with E-state index in [2.05, 4.69) is 39.1 Å². The van der Waals surface area contributed by atoms with Gasteiger partial charge in [-0.3, -0.25) is 14.5 Å². The SMILES string of the molecule is CN1CCC(c2ncc(C(=O)Cc3cc4cc(-c5cnn(C)c5)ccc4cn3)o2)CC1. The summed E-state index contributed by atoms with van der Waals surface area (Å²) >= 11 is 0. The fourth-order valence-corrected chi connectivity index (χ4v) is 4.15. The molecule has 7 heteroatoms. The highest BCUT2D eigenvalue weighted by atomic mass is 16.4. The smallest absolute Gasteiger partial charge is 0.205 e. The van der Waals surface area contributed by atoms with Crippen molar-refractivity contribution in [3.63, 3.8) is 0 Å². The zero-order chi connectivity index (χ0) is 21.4. The number of Topliss-reactive ketones (excluding diaryl/α,β-unsaturated/α-hetero) is 1. The number of aromatic nitrogens is 4. The largest absolute Gasteiger partial charge is 0.437 e. The van der Waals surface area contributed by atoms with Crippen LogP contribution in [0.4, 0.5) is 0 Å². The van der Waals surface area contributed by atoms with Crippen LogP contribution in [-0.4, -0.2) is 50.6 Å². The molecule has 1 aliphatic heterocycles. The van der Waals surface area contributed by atoms with E-state index in [0.717, 1.165) is 53.5 Å². The molecule has 3 aromatic heterocycles. The summed E-state index contributed by atoms with van der Waals surface area (Å²) < 4.78 is 7.63. The Labute approximate surface area is 180 Å². The minimum atomic E-state index is -0.0954. The zero-order valence-electron chi connectivity index (χ0n) is 17.8. The molecule has 1 aromatic carbocycles. The van der Waals surface area contributed by atoms with Crippen LogP contribution >= 0.6 is 0 Å². The van der Waals surface area contributed by atoms with Gasteiger partial charge in [0.2, 0.25) is 5.78 Å². The van der Waals surface area contributed by atoms with Crippen LogP contribution in [0, 0.1) is 0 Å². The first kappa shape index (κ1) is 19.6. The lowest BCUT2D eigenvalue weighted by atomic mass is 9.97. The number of likely N-dealkylation sites (tertiary alicyclic amines) is 1. The van der Waals surface area contributed by atoms with Crippen molar-refractivity contribution in [2.45, 2.75) is 25.2 Å². The van der Waals surface area contributed by atoms with Crippen molar-refractivity contribution < 1.29 is 9.21 Å². The number of piperidine rings is 1. The maximum Gasteiger partial charge on any atom is 0.205 e. The first-order chi connectivity index (χ1) is 15.0. The van der Waals surface area contributed by atoms with E-state index in [1.54, 1.807) is 10.9 Å². The van der Waals surface area contributed by atoms with Gasteiger partial charge in [-0.25, -0.2) is 4.98 Å². The molecule has 31 heavy (non-hydrogen) atoms. The van der Waals surface area contributed by atoms with Crippen molar-refractivity contribution in [1.29, 1.82) is 0 Å². The lowest BCUT2D eigenvalue weighted by Crippen LogP contribution is -2.29. The molecule has 4 aromatic rings. The summed E-state index contributed by atoms with van der Waals surface area (Å²) in [6.07, 6.45) is 9.42. The summed E-state index contributed by atoms with van der Waals surface area (Å²) in [5.41, 5.74) is 2.86. The molecule has 0 bridgehead atoms. The molecule has 0 saturated carbocycles. The Hall–Kier alpha value is -3.32. The van der Waals surface area contributed by atoms with Crippen LogP contribution in [0.1, 0.15) is 40.9 Å². The third-order valence-electron chi connectivity index (χ3n) is 6.02. The molecular weight excluding hydrogens is 390 g/mol. The predicted octanol–water partition coefficient (Wildman–Crippen LogP) is 3.86. The van der Waals surface area contributed by atoms with E-state index >= 15 is 0 Å². The Kier molecular flexibility index (Phi) is 5.11. The van der Waals surface area contributed by atoms with Gasteiger partial charge in [0, 0.05) is 42.0 Å². The van der Waals surface area contributed by atoms with Gasteiger partial charge < -0.3 is 9.32 Å². The molecule has 158 valence electrons. The van der Waals surface area contributed by atoms with Crippen LogP contribution in [0.3, 0.4) is 0 Å². The number of aryl methyl sites for hydroxylation is 1. The van der Waals surface area contributed by atoms with Crippen molar-refractivity contribution in [1.82, 2.24) is 24.6 Å². The number of carbonyl (C=O) groups excluding carboxylic acids is 1. The van der Waals surface area contributed by atoms with Crippen LogP contribution in [0.5, 0.6) is 0 Å². The highest BCUT2D eigenvalue weighted by Gasteiger charge is 2.24. The molecule has 0 N–H and O–H groups in total. The quantitative estimate of drug-likeness (QED) is 0.461. The van der Waals surface area contributed by atoms with Gasteiger partial charge in [0.05, 0.1) is 18.8 Å². The number of ketones is 1. The summed E-state index contributed by atoms with van der Waals surface area (Å²) in [6.45, 7) is 2.05. The van der Waals surface area contributed by atoms with Crippen LogP contribution < -0.4 is 0 Å². The van der Waals surface area contributed by atoms with Gasteiger partial charge in [-0.1, -0.05) is 12.1 Å². The third kappa shape index (κ3) is 4.14. The molecule has 0 aliphatic carbocycles. The number of hydrogen-bond donors (Lipinski definition) is 0. The van der Waals surface area contributed by atoms with Gasteiger partial charge in [-0.05, 0) is 56.1 Å². The van der Waals surface area contributed by atoms with Crippen molar-refractivity contribution in [2.75, 3.05) is 20.1 Å². The Morgan fingerprint density at radius 2 is 1.87 bits per heavy atom. The second-order valence-corrected chi connectivity index (χ2v) is 8.38. The molecule has 0 amide bonds. The van der Waals surface area contributed by atoms with E-state index in [4.69, 9.17) is 4.42 Å². The van der Waals surface area contributed by atoms with E-state index in [-0.39, 0.29) is 12.2 Å². The van der Waals surface area contributed by atoms with Crippen LogP contribution in [0.15, 0.2) is 53.5 Å². The van der Waals surface area contributed by atoms with Gasteiger partial charge in [0.25, 0.3) is 0 Å². The highest BCUT2D eigenvalue weighted by Crippen LogP contribution is 2.28. The number of benzene rings is 1. The number of rotatable bonds is 5. The molecular formula is C24H25N5O2. The lowest BCUT2D eigenvalue weighted by Gasteiger charge is -2.26. The Morgan fingerprint density at radius 1 is 1.03 bits per heavy atom. The highest BCUT2D eigenvalue weighted by molar-refractivity contribution is 5.95. The fourth-order valence-electron chi connectivity index (χ4n) is 4.15. The first-order valence-electron chi connectivity index (χ1n) is 10.6. The molecule has 1 aliphatic rings. The van der Waals surface area contributed by atoms with Gasteiger partial charge in [-0.15, -0.1) is 0 Å². The number of oxazole rings is 1. The van der Waals surface area contributed by atoms with E-state index in [1.165, 1.54) is 0 Å². The Balaban J connectivity index is 1.33. The molecule has 5 rings (SSSR count). The van der Waals surface area contributed by atoms with E-state index < -0.39 is 0 Å². The van der Waals surface area contributed by atoms with Crippen LogP contribution in [-0.2, 0) is 13.5 Å². The van der Waals surface area contributed by atoms with Gasteiger partial charge in [0.15, 0.2) is 11.7 Å². The molecule has 0 spiro atoms. The monoisotopic (exact) mass is 415 g/mol. The predicted molar refractivity (Wildman–Crippen MR) is 118 cm³/mol. The number of hydrogen-bond acceptors (Lipinski definition) is 6. The number of fused-ring (bicyclic) bond motifs is 1. The minimum Gasteiger partial charge on any atom is -0.437 e. The number of pyridine rings is 1. The topological polar surface area (TPSA) is 77.1 Å². The van der Waals surface area contributed by atoms with Crippen LogP contribution in [0.2, 0.25) is 0 Å². The maximum atomic E-state index is 12.8. The van der Waals surface area contributed by atoms with Crippen molar-refractivity contribution in [2.24, 2.45) is 7.05 Å². The third-order valence-corrected chi connectivity index (χ3v) is 6.02. The second-order valence-electron chi connectivity index (χ2n) is 8.38. The zero-order valence-corrected chi connectivity index (χ0v) is 17.8. The van der Waals surface area contributed by atoms with Crippen molar-refractivity contribution >= 4 is 16.6 Å². The molecule has 0 radical (unpaired) electrons. The Morgan fingerprint density at radius 3 is 2.65 bits per heavy atom. The summed E-state index contributed by atoms with van der Waals surface area (Å²) in [5.74, 6) is 1.20. The summed E-state index contributed by atoms with van der Waals surface area (Å²) in [6, 6.07) is 8.18. The van der Waals surface area contributed by atoms with Gasteiger partial charge in [-0.2, -0.15) is 5.10 Å². The summed E-state index contributed by atoms with van der Waals surface area (Å²) in [7, 11) is 4.02. The van der Waals surface area contributed by atoms with Crippen molar-refractivity contribution in [3.05, 3.63) is 66.4 Å². The molecule has 4 heterocycles. The second kappa shape index (κ2) is 8.07. The van der Waals surface area contributed by atoms with Gasteiger partial charge in [0.1, 0.15) is 0 Å². The van der Waals surface area contributed by atoms with Gasteiger partial charge >= 0.3 is 0 Å². The fraction of sp³-hybridized carbons (Fsp3) is 0.333. The molecule has 1 fully saturated rings. The average molecular weight is 415 g/mol. The maximum absolute atomic E-state index is 12.8. The standard InChI is InChI=1S/C24H25N5O2/c1-28-7-5-16(6-8-28)24-26-14-23(31-24)22(30)11-21-10-19-9-17(3-4-18(19)12-25-21)20-13-27-29(2)15-20/h3-4,9-10,12-16H,5-8,11H2,1-2H3. The van der Waals surface area contributed by atoms with E-state index in [0.29, 0.717) is 17.6 Å². The normalized spacial score (nSPS) is 15.5. The molecule has 0 atom stereocenters. The summed E-state index contributed by atoms with van der Waals surface area (Å²) in [5, 5.41) is 6.32. The molecule has 0 unspecified atom stereocenters. The number of nitrogens with zero attached hydrogens (tertiary/aromatic N) is 5. The molecule has 1 saturated heterocycles. The van der Waals surface area contributed by atoms with Crippen molar-refractivity contribution in [3.8, 4) is 11.1 Å².